The summed E-state index contributed by atoms with van der Waals surface area (Å²) in [5, 5.41) is 3.49. The Kier molecular flexibility index (Phi) is 7.42. The number of aromatic nitrogens is 1. The van der Waals surface area contributed by atoms with Crippen LogP contribution in [0.4, 0.5) is 5.69 Å². The number of carbonyl (C=O) groups excluding carboxylic acids is 2. The molecule has 2 amide bonds. The summed E-state index contributed by atoms with van der Waals surface area (Å²) < 4.78 is 0. The number of halogens is 2. The van der Waals surface area contributed by atoms with Gasteiger partial charge in [0.25, 0.3) is 11.8 Å². The number of nitrogens with zero attached hydrogens (tertiary/aromatic N) is 2. The molecule has 1 heterocycles. The molecule has 0 radical (unpaired) electrons. The third kappa shape index (κ3) is 5.19. The first-order chi connectivity index (χ1) is 12.5. The summed E-state index contributed by atoms with van der Waals surface area (Å²) in [6.45, 7) is 5.35. The maximum absolute atomic E-state index is 12.6. The Hall–Kier alpha value is -2.11. The molecule has 1 N–H and O–H groups in total. The quantitative estimate of drug-likeness (QED) is 0.726. The lowest BCUT2D eigenvalue weighted by molar-refractivity contribution is 0.0749. The van der Waals surface area contributed by atoms with E-state index in [4.69, 9.17) is 23.2 Å². The van der Waals surface area contributed by atoms with E-state index in [0.717, 1.165) is 12.8 Å². The van der Waals surface area contributed by atoms with Crippen LogP contribution < -0.4 is 5.32 Å². The maximum Gasteiger partial charge on any atom is 0.274 e. The highest BCUT2D eigenvalue weighted by molar-refractivity contribution is 6.36. The van der Waals surface area contributed by atoms with Gasteiger partial charge < -0.3 is 10.2 Å². The lowest BCUT2D eigenvalue weighted by Gasteiger charge is -2.21. The van der Waals surface area contributed by atoms with E-state index in [0.29, 0.717) is 28.8 Å². The third-order valence-electron chi connectivity index (χ3n) is 3.65. The van der Waals surface area contributed by atoms with Gasteiger partial charge in [-0.15, -0.1) is 0 Å². The molecular formula is C19H21Cl2N3O2. The molecule has 0 fully saturated rings. The summed E-state index contributed by atoms with van der Waals surface area (Å²) in [7, 11) is 0. The van der Waals surface area contributed by atoms with Crippen molar-refractivity contribution in [2.24, 2.45) is 0 Å². The second-order valence-corrected chi connectivity index (χ2v) is 6.62. The van der Waals surface area contributed by atoms with Gasteiger partial charge in [0.15, 0.2) is 0 Å². The van der Waals surface area contributed by atoms with E-state index < -0.39 is 5.91 Å². The fraction of sp³-hybridized carbons (Fsp3) is 0.316. The van der Waals surface area contributed by atoms with Crippen molar-refractivity contribution in [1.29, 1.82) is 0 Å². The highest BCUT2D eigenvalue weighted by atomic mass is 35.5. The summed E-state index contributed by atoms with van der Waals surface area (Å²) >= 11 is 11.9. The van der Waals surface area contributed by atoms with Crippen LogP contribution in [-0.2, 0) is 0 Å². The van der Waals surface area contributed by atoms with Crippen molar-refractivity contribution >= 4 is 40.7 Å². The third-order valence-corrected chi connectivity index (χ3v) is 4.20. The molecule has 0 spiro atoms. The highest BCUT2D eigenvalue weighted by Gasteiger charge is 2.18. The van der Waals surface area contributed by atoms with Crippen molar-refractivity contribution in [3.63, 3.8) is 0 Å². The number of carbonyl (C=O) groups is 2. The average Bonchev–Trinajstić information content (AvgIpc) is 2.63. The van der Waals surface area contributed by atoms with E-state index >= 15 is 0 Å². The largest absolute Gasteiger partial charge is 0.337 e. The first-order valence-electron chi connectivity index (χ1n) is 8.49. The standard InChI is InChI=1S/C19H21Cl2N3O2/c1-3-10-24(11-4-2)19(26)17-7-5-6-16(22-17)18(25)23-15-9-8-13(20)12-14(15)21/h5-9,12H,3-4,10-11H2,1-2H3,(H,23,25). The molecule has 0 aliphatic heterocycles. The summed E-state index contributed by atoms with van der Waals surface area (Å²) in [5.74, 6) is -0.616. The summed E-state index contributed by atoms with van der Waals surface area (Å²) in [5.41, 5.74) is 0.828. The Balaban J connectivity index is 2.19. The van der Waals surface area contributed by atoms with E-state index in [9.17, 15) is 9.59 Å². The van der Waals surface area contributed by atoms with Crippen LogP contribution in [-0.4, -0.2) is 34.8 Å². The minimum atomic E-state index is -0.443. The summed E-state index contributed by atoms with van der Waals surface area (Å²) in [4.78, 5) is 31.1. The monoisotopic (exact) mass is 393 g/mol. The molecule has 7 heteroatoms. The Morgan fingerprint density at radius 3 is 2.31 bits per heavy atom. The van der Waals surface area contributed by atoms with E-state index in [1.54, 1.807) is 41.3 Å². The zero-order valence-electron chi connectivity index (χ0n) is 14.8. The van der Waals surface area contributed by atoms with Crippen molar-refractivity contribution < 1.29 is 9.59 Å². The molecule has 0 atom stereocenters. The Morgan fingerprint density at radius 2 is 1.69 bits per heavy atom. The molecule has 0 bridgehead atoms. The van der Waals surface area contributed by atoms with Crippen LogP contribution in [0.3, 0.4) is 0 Å². The predicted octanol–water partition coefficient (Wildman–Crippen LogP) is 4.90. The molecule has 2 aromatic rings. The summed E-state index contributed by atoms with van der Waals surface area (Å²) in [6, 6.07) is 9.60. The van der Waals surface area contributed by atoms with Crippen LogP contribution in [0.15, 0.2) is 36.4 Å². The van der Waals surface area contributed by atoms with Crippen LogP contribution >= 0.6 is 23.2 Å². The van der Waals surface area contributed by atoms with Gasteiger partial charge in [0.05, 0.1) is 10.7 Å². The van der Waals surface area contributed by atoms with Crippen LogP contribution in [0.1, 0.15) is 47.7 Å². The van der Waals surface area contributed by atoms with Gasteiger partial charge in [-0.2, -0.15) is 0 Å². The minimum absolute atomic E-state index is 0.148. The zero-order valence-corrected chi connectivity index (χ0v) is 16.3. The van der Waals surface area contributed by atoms with Gasteiger partial charge in [-0.05, 0) is 43.2 Å². The zero-order chi connectivity index (χ0) is 19.1. The van der Waals surface area contributed by atoms with Gasteiger partial charge in [0.1, 0.15) is 11.4 Å². The van der Waals surface area contributed by atoms with Crippen LogP contribution in [0, 0.1) is 0 Å². The normalized spacial score (nSPS) is 10.5. The van der Waals surface area contributed by atoms with E-state index in [1.165, 1.54) is 0 Å². The van der Waals surface area contributed by atoms with Crippen molar-refractivity contribution in [2.45, 2.75) is 26.7 Å². The molecule has 0 saturated carbocycles. The maximum atomic E-state index is 12.6. The number of pyridine rings is 1. The smallest absolute Gasteiger partial charge is 0.274 e. The Bertz CT molecular complexity index is 790. The molecule has 1 aromatic carbocycles. The molecule has 5 nitrogen and oxygen atoms in total. The molecule has 26 heavy (non-hydrogen) atoms. The minimum Gasteiger partial charge on any atom is -0.337 e. The number of rotatable bonds is 7. The first-order valence-corrected chi connectivity index (χ1v) is 9.24. The SMILES string of the molecule is CCCN(CCC)C(=O)c1cccc(C(=O)Nc2ccc(Cl)cc2Cl)n1. The first kappa shape index (κ1) is 20.2. The van der Waals surface area contributed by atoms with Gasteiger partial charge in [-0.3, -0.25) is 9.59 Å². The molecule has 2 rings (SSSR count). The fourth-order valence-corrected chi connectivity index (χ4v) is 2.93. The molecule has 0 saturated heterocycles. The van der Waals surface area contributed by atoms with Crippen LogP contribution in [0.25, 0.3) is 0 Å². The second kappa shape index (κ2) is 9.55. The Labute approximate surface area is 163 Å². The lowest BCUT2D eigenvalue weighted by atomic mass is 10.2. The van der Waals surface area contributed by atoms with E-state index in [-0.39, 0.29) is 17.3 Å². The van der Waals surface area contributed by atoms with Gasteiger partial charge in [-0.25, -0.2) is 4.98 Å². The van der Waals surface area contributed by atoms with Crippen molar-refractivity contribution in [2.75, 3.05) is 18.4 Å². The van der Waals surface area contributed by atoms with E-state index in [1.807, 2.05) is 13.8 Å². The fourth-order valence-electron chi connectivity index (χ4n) is 2.47. The number of anilines is 1. The second-order valence-electron chi connectivity index (χ2n) is 5.78. The summed E-state index contributed by atoms with van der Waals surface area (Å²) in [6.07, 6.45) is 1.72. The topological polar surface area (TPSA) is 62.3 Å². The van der Waals surface area contributed by atoms with Crippen molar-refractivity contribution in [3.05, 3.63) is 57.8 Å². The van der Waals surface area contributed by atoms with Crippen LogP contribution in [0.2, 0.25) is 10.0 Å². The molecule has 0 unspecified atom stereocenters. The van der Waals surface area contributed by atoms with Gasteiger partial charge in [0.2, 0.25) is 0 Å². The van der Waals surface area contributed by atoms with Gasteiger partial charge in [0, 0.05) is 18.1 Å². The molecule has 0 aliphatic carbocycles. The molecule has 1 aromatic heterocycles. The number of hydrogen-bond acceptors (Lipinski definition) is 3. The highest BCUT2D eigenvalue weighted by Crippen LogP contribution is 2.25. The molecule has 0 aliphatic rings. The van der Waals surface area contributed by atoms with Gasteiger partial charge >= 0.3 is 0 Å². The lowest BCUT2D eigenvalue weighted by Crippen LogP contribution is -2.33. The van der Waals surface area contributed by atoms with Crippen molar-refractivity contribution in [1.82, 2.24) is 9.88 Å². The number of hydrogen-bond donors (Lipinski definition) is 1. The number of nitrogens with one attached hydrogen (secondary N) is 1. The Morgan fingerprint density at radius 1 is 1.04 bits per heavy atom. The molecule has 138 valence electrons. The number of amides is 2. The number of benzene rings is 1. The average molecular weight is 394 g/mol. The van der Waals surface area contributed by atoms with Crippen molar-refractivity contribution in [3.8, 4) is 0 Å². The molecular weight excluding hydrogens is 373 g/mol. The van der Waals surface area contributed by atoms with Crippen LogP contribution in [0.5, 0.6) is 0 Å². The van der Waals surface area contributed by atoms with E-state index in [2.05, 4.69) is 10.3 Å². The van der Waals surface area contributed by atoms with Gasteiger partial charge in [-0.1, -0.05) is 43.1 Å². The predicted molar refractivity (Wildman–Crippen MR) is 105 cm³/mol.